The number of nitrogens with zero attached hydrogens (tertiary/aromatic N) is 1. The zero-order valence-corrected chi connectivity index (χ0v) is 15.2. The van der Waals surface area contributed by atoms with E-state index in [9.17, 15) is 0 Å². The molecule has 0 saturated heterocycles. The van der Waals surface area contributed by atoms with Crippen LogP contribution in [0.25, 0.3) is 0 Å². The van der Waals surface area contributed by atoms with Crippen LogP contribution in [0.2, 0.25) is 5.02 Å². The molecule has 122 valence electrons. The number of ether oxygens (including phenoxy) is 1. The molecule has 3 nitrogen and oxygen atoms in total. The minimum Gasteiger partial charge on any atom is -0.490 e. The van der Waals surface area contributed by atoms with Crippen LogP contribution in [0.3, 0.4) is 0 Å². The van der Waals surface area contributed by atoms with Crippen LogP contribution in [-0.4, -0.2) is 30.2 Å². The number of anilines is 1. The Kier molecular flexibility index (Phi) is 6.25. The Morgan fingerprint density at radius 1 is 1.22 bits per heavy atom. The van der Waals surface area contributed by atoms with Crippen molar-refractivity contribution >= 4 is 34.6 Å². The standard InChI is InChI=1S/C18H21ClN2OS/c1-13-8-9-14(2)16(12-13)20-18(23)21(3)10-11-22-17-7-5-4-6-15(17)19/h4-9,12H,10-11H2,1-3H3,(H,20,23). The molecular formula is C18H21ClN2OS. The van der Waals surface area contributed by atoms with Gasteiger partial charge in [-0.25, -0.2) is 0 Å². The smallest absolute Gasteiger partial charge is 0.173 e. The maximum Gasteiger partial charge on any atom is 0.173 e. The van der Waals surface area contributed by atoms with E-state index in [0.29, 0.717) is 29.0 Å². The van der Waals surface area contributed by atoms with Gasteiger partial charge in [-0.3, -0.25) is 0 Å². The quantitative estimate of drug-likeness (QED) is 0.794. The van der Waals surface area contributed by atoms with Gasteiger partial charge in [-0.05, 0) is 55.4 Å². The molecule has 0 saturated carbocycles. The molecule has 0 unspecified atom stereocenters. The highest BCUT2D eigenvalue weighted by atomic mass is 35.5. The Hall–Kier alpha value is -1.78. The monoisotopic (exact) mass is 348 g/mol. The molecule has 2 aromatic carbocycles. The zero-order chi connectivity index (χ0) is 16.8. The molecule has 1 N–H and O–H groups in total. The molecule has 0 aliphatic carbocycles. The van der Waals surface area contributed by atoms with Crippen molar-refractivity contribution in [1.82, 2.24) is 4.90 Å². The number of halogens is 1. The minimum absolute atomic E-state index is 0.509. The van der Waals surface area contributed by atoms with Crippen LogP contribution in [0.5, 0.6) is 5.75 Å². The summed E-state index contributed by atoms with van der Waals surface area (Å²) >= 11 is 11.5. The summed E-state index contributed by atoms with van der Waals surface area (Å²) in [5.74, 6) is 0.691. The molecule has 0 bridgehead atoms. The predicted octanol–water partition coefficient (Wildman–Crippen LogP) is 4.66. The lowest BCUT2D eigenvalue weighted by molar-refractivity contribution is 0.285. The fourth-order valence-electron chi connectivity index (χ4n) is 2.04. The minimum atomic E-state index is 0.509. The molecule has 0 radical (unpaired) electrons. The summed E-state index contributed by atoms with van der Waals surface area (Å²) in [4.78, 5) is 1.95. The highest BCUT2D eigenvalue weighted by molar-refractivity contribution is 7.80. The van der Waals surface area contributed by atoms with Gasteiger partial charge in [0.25, 0.3) is 0 Å². The lowest BCUT2D eigenvalue weighted by Crippen LogP contribution is -2.34. The van der Waals surface area contributed by atoms with Crippen molar-refractivity contribution in [1.29, 1.82) is 0 Å². The number of rotatable bonds is 5. The maximum atomic E-state index is 6.06. The van der Waals surface area contributed by atoms with Crippen molar-refractivity contribution in [3.05, 3.63) is 58.6 Å². The zero-order valence-electron chi connectivity index (χ0n) is 13.6. The molecule has 0 heterocycles. The van der Waals surface area contributed by atoms with E-state index in [1.54, 1.807) is 0 Å². The van der Waals surface area contributed by atoms with Gasteiger partial charge in [0.15, 0.2) is 5.11 Å². The van der Waals surface area contributed by atoms with Gasteiger partial charge in [-0.2, -0.15) is 0 Å². The van der Waals surface area contributed by atoms with Gasteiger partial charge < -0.3 is 15.0 Å². The lowest BCUT2D eigenvalue weighted by Gasteiger charge is -2.22. The number of nitrogens with one attached hydrogen (secondary N) is 1. The van der Waals surface area contributed by atoms with Gasteiger partial charge in [0.2, 0.25) is 0 Å². The maximum absolute atomic E-state index is 6.06. The van der Waals surface area contributed by atoms with Gasteiger partial charge in [-0.15, -0.1) is 0 Å². The SMILES string of the molecule is Cc1ccc(C)c(NC(=S)N(C)CCOc2ccccc2Cl)c1. The van der Waals surface area contributed by atoms with Gasteiger partial charge in [-0.1, -0.05) is 35.9 Å². The predicted molar refractivity (Wildman–Crippen MR) is 102 cm³/mol. The van der Waals surface area contributed by atoms with E-state index < -0.39 is 0 Å². The molecule has 0 atom stereocenters. The van der Waals surface area contributed by atoms with Crippen molar-refractivity contribution < 1.29 is 4.74 Å². The second-order valence-corrected chi connectivity index (χ2v) is 6.24. The summed E-state index contributed by atoms with van der Waals surface area (Å²) in [7, 11) is 1.94. The third-order valence-corrected chi connectivity index (χ3v) is 4.23. The summed E-state index contributed by atoms with van der Waals surface area (Å²) in [5, 5.41) is 4.57. The van der Waals surface area contributed by atoms with Crippen molar-refractivity contribution in [3.63, 3.8) is 0 Å². The van der Waals surface area contributed by atoms with Gasteiger partial charge in [0, 0.05) is 12.7 Å². The van der Waals surface area contributed by atoms with E-state index in [1.807, 2.05) is 36.2 Å². The highest BCUT2D eigenvalue weighted by Gasteiger charge is 2.07. The van der Waals surface area contributed by atoms with Crippen LogP contribution in [0.1, 0.15) is 11.1 Å². The topological polar surface area (TPSA) is 24.5 Å². The lowest BCUT2D eigenvalue weighted by atomic mass is 10.1. The normalized spacial score (nSPS) is 10.3. The second kappa shape index (κ2) is 8.18. The molecular weight excluding hydrogens is 328 g/mol. The number of thiocarbonyl (C=S) groups is 1. The van der Waals surface area contributed by atoms with Gasteiger partial charge in [0.05, 0.1) is 11.6 Å². The summed E-state index contributed by atoms with van der Waals surface area (Å²) in [6.45, 7) is 5.30. The van der Waals surface area contributed by atoms with Crippen LogP contribution >= 0.6 is 23.8 Å². The van der Waals surface area contributed by atoms with Crippen LogP contribution in [0, 0.1) is 13.8 Å². The first-order chi connectivity index (χ1) is 11.0. The Morgan fingerprint density at radius 3 is 2.70 bits per heavy atom. The van der Waals surface area contributed by atoms with Crippen LogP contribution < -0.4 is 10.1 Å². The average Bonchev–Trinajstić information content (AvgIpc) is 2.52. The molecule has 0 spiro atoms. The molecule has 5 heteroatoms. The number of para-hydroxylation sites is 1. The third-order valence-electron chi connectivity index (χ3n) is 3.50. The van der Waals surface area contributed by atoms with Crippen LogP contribution in [0.4, 0.5) is 5.69 Å². The van der Waals surface area contributed by atoms with Crippen molar-refractivity contribution in [2.75, 3.05) is 25.5 Å². The van der Waals surface area contributed by atoms with Crippen LogP contribution in [0.15, 0.2) is 42.5 Å². The molecule has 0 aliphatic rings. The molecule has 0 aromatic heterocycles. The molecule has 2 aromatic rings. The number of aryl methyl sites for hydroxylation is 2. The molecule has 0 aliphatic heterocycles. The van der Waals surface area contributed by atoms with E-state index >= 15 is 0 Å². The molecule has 23 heavy (non-hydrogen) atoms. The van der Waals surface area contributed by atoms with Crippen molar-refractivity contribution in [3.8, 4) is 5.75 Å². The largest absolute Gasteiger partial charge is 0.490 e. The summed E-state index contributed by atoms with van der Waals surface area (Å²) < 4.78 is 5.69. The van der Waals surface area contributed by atoms with E-state index in [0.717, 1.165) is 5.69 Å². The Labute approximate surface area is 148 Å². The first-order valence-electron chi connectivity index (χ1n) is 7.44. The number of likely N-dealkylation sites (N-methyl/N-ethyl adjacent to an activating group) is 1. The first kappa shape index (κ1) is 17.6. The number of hydrogen-bond acceptors (Lipinski definition) is 2. The number of hydrogen-bond donors (Lipinski definition) is 1. The third kappa shape index (κ3) is 5.12. The summed E-state index contributed by atoms with van der Waals surface area (Å²) in [6, 6.07) is 13.7. The van der Waals surface area contributed by atoms with E-state index in [2.05, 4.69) is 37.4 Å². The van der Waals surface area contributed by atoms with Gasteiger partial charge >= 0.3 is 0 Å². The number of benzene rings is 2. The Bertz CT molecular complexity index is 690. The van der Waals surface area contributed by atoms with Crippen LogP contribution in [-0.2, 0) is 0 Å². The molecule has 0 fully saturated rings. The van der Waals surface area contributed by atoms with E-state index in [4.69, 9.17) is 28.6 Å². The highest BCUT2D eigenvalue weighted by Crippen LogP contribution is 2.23. The Balaban J connectivity index is 1.85. The van der Waals surface area contributed by atoms with Crippen molar-refractivity contribution in [2.45, 2.75) is 13.8 Å². The fraction of sp³-hybridized carbons (Fsp3) is 0.278. The molecule has 0 amide bonds. The van der Waals surface area contributed by atoms with Gasteiger partial charge in [0.1, 0.15) is 12.4 Å². The molecule has 2 rings (SSSR count). The van der Waals surface area contributed by atoms with E-state index in [-0.39, 0.29) is 0 Å². The first-order valence-corrected chi connectivity index (χ1v) is 8.22. The van der Waals surface area contributed by atoms with E-state index in [1.165, 1.54) is 11.1 Å². The average molecular weight is 349 g/mol. The Morgan fingerprint density at radius 2 is 1.96 bits per heavy atom. The summed E-state index contributed by atoms with van der Waals surface area (Å²) in [6.07, 6.45) is 0. The second-order valence-electron chi connectivity index (χ2n) is 5.45. The fourth-order valence-corrected chi connectivity index (χ4v) is 2.43. The van der Waals surface area contributed by atoms with Crippen molar-refractivity contribution in [2.24, 2.45) is 0 Å². The summed E-state index contributed by atoms with van der Waals surface area (Å²) in [5.41, 5.74) is 3.40.